The summed E-state index contributed by atoms with van der Waals surface area (Å²) >= 11 is 0. The normalized spacial score (nSPS) is 16.7. The van der Waals surface area contributed by atoms with Gasteiger partial charge in [-0.1, -0.05) is 0 Å². The van der Waals surface area contributed by atoms with E-state index < -0.39 is 0 Å². The predicted molar refractivity (Wildman–Crippen MR) is 101 cm³/mol. The van der Waals surface area contributed by atoms with Gasteiger partial charge >= 0.3 is 0 Å². The minimum atomic E-state index is -0.0163. The van der Waals surface area contributed by atoms with Crippen LogP contribution in [0.4, 0.5) is 0 Å². The Bertz CT molecular complexity index is 998. The van der Waals surface area contributed by atoms with Crippen LogP contribution in [0.3, 0.4) is 0 Å². The molecule has 3 heterocycles. The Labute approximate surface area is 157 Å². The first-order valence-electron chi connectivity index (χ1n) is 8.93. The molecule has 1 amide bonds. The van der Waals surface area contributed by atoms with Crippen molar-refractivity contribution in [3.05, 3.63) is 53.6 Å². The standard InChI is InChI=1S/C20H22N4O3/c1-13-18(24-9-4-8-21-20(24)22-13)19(25)23-10-7-14(12-23)16-11-15(26-2)5-6-17(16)27-3/h4-6,8-9,11,14H,7,10,12H2,1-3H3/t14-/m1/s1. The van der Waals surface area contributed by atoms with E-state index in [4.69, 9.17) is 9.47 Å². The van der Waals surface area contributed by atoms with Gasteiger partial charge in [0.1, 0.15) is 17.2 Å². The summed E-state index contributed by atoms with van der Waals surface area (Å²) in [4.78, 5) is 23.7. The zero-order chi connectivity index (χ0) is 19.0. The SMILES string of the molecule is COc1ccc(OC)c([C@@H]2CCN(C(=O)c3c(C)nc4ncccn34)C2)c1. The number of benzene rings is 1. The van der Waals surface area contributed by atoms with Gasteiger partial charge in [-0.3, -0.25) is 9.20 Å². The molecule has 1 aliphatic rings. The lowest BCUT2D eigenvalue weighted by Gasteiger charge is -2.18. The zero-order valence-electron chi connectivity index (χ0n) is 15.7. The molecule has 1 saturated heterocycles. The summed E-state index contributed by atoms with van der Waals surface area (Å²) < 4.78 is 12.6. The van der Waals surface area contributed by atoms with Gasteiger partial charge in [0.15, 0.2) is 0 Å². The smallest absolute Gasteiger partial charge is 0.272 e. The molecule has 0 spiro atoms. The number of aryl methyl sites for hydroxylation is 1. The first-order valence-corrected chi connectivity index (χ1v) is 8.93. The number of fused-ring (bicyclic) bond motifs is 1. The van der Waals surface area contributed by atoms with E-state index in [1.165, 1.54) is 0 Å². The van der Waals surface area contributed by atoms with E-state index in [-0.39, 0.29) is 11.8 Å². The fourth-order valence-corrected chi connectivity index (χ4v) is 3.76. The number of hydrogen-bond donors (Lipinski definition) is 0. The van der Waals surface area contributed by atoms with Crippen molar-refractivity contribution in [2.24, 2.45) is 0 Å². The molecule has 140 valence electrons. The molecule has 7 heteroatoms. The van der Waals surface area contributed by atoms with E-state index in [9.17, 15) is 4.79 Å². The largest absolute Gasteiger partial charge is 0.497 e. The highest BCUT2D eigenvalue weighted by molar-refractivity contribution is 5.94. The van der Waals surface area contributed by atoms with Crippen LogP contribution in [-0.4, -0.2) is 52.5 Å². The first-order chi connectivity index (χ1) is 13.1. The molecule has 3 aromatic rings. The van der Waals surface area contributed by atoms with E-state index in [0.29, 0.717) is 30.3 Å². The average Bonchev–Trinajstić information content (AvgIpc) is 3.31. The lowest BCUT2D eigenvalue weighted by atomic mass is 9.97. The van der Waals surface area contributed by atoms with Crippen molar-refractivity contribution >= 4 is 11.7 Å². The molecule has 0 radical (unpaired) electrons. The van der Waals surface area contributed by atoms with Crippen LogP contribution in [0.15, 0.2) is 36.7 Å². The second-order valence-electron chi connectivity index (χ2n) is 6.68. The number of ether oxygens (including phenoxy) is 2. The van der Waals surface area contributed by atoms with Gasteiger partial charge in [-0.15, -0.1) is 0 Å². The fourth-order valence-electron chi connectivity index (χ4n) is 3.76. The molecular formula is C20H22N4O3. The van der Waals surface area contributed by atoms with Crippen LogP contribution in [0.5, 0.6) is 11.5 Å². The van der Waals surface area contributed by atoms with E-state index in [1.54, 1.807) is 30.9 Å². The Hall–Kier alpha value is -3.09. The third-order valence-corrected chi connectivity index (χ3v) is 5.13. The molecule has 0 aliphatic carbocycles. The monoisotopic (exact) mass is 366 g/mol. The van der Waals surface area contributed by atoms with Crippen LogP contribution < -0.4 is 9.47 Å². The highest BCUT2D eigenvalue weighted by Crippen LogP contribution is 2.36. The topological polar surface area (TPSA) is 69.0 Å². The molecular weight excluding hydrogens is 344 g/mol. The number of nitrogens with zero attached hydrogens (tertiary/aromatic N) is 4. The third kappa shape index (κ3) is 2.99. The molecule has 0 unspecified atom stereocenters. The molecule has 1 atom stereocenters. The summed E-state index contributed by atoms with van der Waals surface area (Å²) in [6.07, 6.45) is 4.38. The number of rotatable bonds is 4. The number of methoxy groups -OCH3 is 2. The average molecular weight is 366 g/mol. The Kier molecular flexibility index (Phi) is 4.43. The maximum atomic E-state index is 13.2. The molecule has 1 aliphatic heterocycles. The highest BCUT2D eigenvalue weighted by atomic mass is 16.5. The highest BCUT2D eigenvalue weighted by Gasteiger charge is 2.32. The Morgan fingerprint density at radius 1 is 1.26 bits per heavy atom. The molecule has 27 heavy (non-hydrogen) atoms. The van der Waals surface area contributed by atoms with Gasteiger partial charge in [0.05, 0.1) is 19.9 Å². The Morgan fingerprint density at radius 3 is 2.89 bits per heavy atom. The molecule has 1 aromatic carbocycles. The van der Waals surface area contributed by atoms with Crippen molar-refractivity contribution in [3.63, 3.8) is 0 Å². The predicted octanol–water partition coefficient (Wildman–Crippen LogP) is 2.68. The van der Waals surface area contributed by atoms with Crippen molar-refractivity contribution < 1.29 is 14.3 Å². The van der Waals surface area contributed by atoms with Crippen molar-refractivity contribution in [2.45, 2.75) is 19.3 Å². The van der Waals surface area contributed by atoms with Gasteiger partial charge in [-0.2, -0.15) is 0 Å². The maximum Gasteiger partial charge on any atom is 0.272 e. The molecule has 0 bridgehead atoms. The van der Waals surface area contributed by atoms with E-state index in [2.05, 4.69) is 9.97 Å². The summed E-state index contributed by atoms with van der Waals surface area (Å²) in [5.74, 6) is 2.35. The van der Waals surface area contributed by atoms with Gasteiger partial charge in [0.25, 0.3) is 5.91 Å². The van der Waals surface area contributed by atoms with E-state index >= 15 is 0 Å². The van der Waals surface area contributed by atoms with Crippen molar-refractivity contribution in [2.75, 3.05) is 27.3 Å². The van der Waals surface area contributed by atoms with Crippen molar-refractivity contribution in [1.29, 1.82) is 0 Å². The summed E-state index contributed by atoms with van der Waals surface area (Å²) in [6.45, 7) is 3.17. The minimum Gasteiger partial charge on any atom is -0.497 e. The van der Waals surface area contributed by atoms with Crippen LogP contribution in [0.25, 0.3) is 5.78 Å². The van der Waals surface area contributed by atoms with Gasteiger partial charge < -0.3 is 14.4 Å². The van der Waals surface area contributed by atoms with Crippen LogP contribution >= 0.6 is 0 Å². The number of carbonyl (C=O) groups is 1. The molecule has 7 nitrogen and oxygen atoms in total. The van der Waals surface area contributed by atoms with Gasteiger partial charge in [-0.05, 0) is 37.6 Å². The second-order valence-corrected chi connectivity index (χ2v) is 6.68. The fraction of sp³-hybridized carbons (Fsp3) is 0.350. The summed E-state index contributed by atoms with van der Waals surface area (Å²) in [6, 6.07) is 7.60. The zero-order valence-corrected chi connectivity index (χ0v) is 15.7. The number of amides is 1. The third-order valence-electron chi connectivity index (χ3n) is 5.13. The van der Waals surface area contributed by atoms with Gasteiger partial charge in [0.2, 0.25) is 5.78 Å². The van der Waals surface area contributed by atoms with Gasteiger partial charge in [0, 0.05) is 37.0 Å². The minimum absolute atomic E-state index is 0.0163. The lowest BCUT2D eigenvalue weighted by Crippen LogP contribution is -2.30. The summed E-state index contributed by atoms with van der Waals surface area (Å²) in [5, 5.41) is 0. The number of hydrogen-bond acceptors (Lipinski definition) is 5. The second kappa shape index (κ2) is 6.90. The van der Waals surface area contributed by atoms with E-state index in [0.717, 1.165) is 23.5 Å². The molecule has 1 fully saturated rings. The lowest BCUT2D eigenvalue weighted by molar-refractivity contribution is 0.0783. The van der Waals surface area contributed by atoms with Crippen LogP contribution in [0, 0.1) is 6.92 Å². The number of imidazole rings is 1. The number of carbonyl (C=O) groups excluding carboxylic acids is 1. The molecule has 0 N–H and O–H groups in total. The van der Waals surface area contributed by atoms with Crippen LogP contribution in [-0.2, 0) is 0 Å². The van der Waals surface area contributed by atoms with E-state index in [1.807, 2.05) is 36.2 Å². The number of aromatic nitrogens is 3. The van der Waals surface area contributed by atoms with Crippen molar-refractivity contribution in [1.82, 2.24) is 19.3 Å². The molecule has 0 saturated carbocycles. The Morgan fingerprint density at radius 2 is 2.11 bits per heavy atom. The quantitative estimate of drug-likeness (QED) is 0.710. The van der Waals surface area contributed by atoms with Gasteiger partial charge in [-0.25, -0.2) is 9.97 Å². The number of likely N-dealkylation sites (tertiary alicyclic amines) is 1. The van der Waals surface area contributed by atoms with Crippen molar-refractivity contribution in [3.8, 4) is 11.5 Å². The van der Waals surface area contributed by atoms with Crippen LogP contribution in [0.1, 0.15) is 34.1 Å². The summed E-state index contributed by atoms with van der Waals surface area (Å²) in [5.41, 5.74) is 2.35. The summed E-state index contributed by atoms with van der Waals surface area (Å²) in [7, 11) is 3.32. The maximum absolute atomic E-state index is 13.2. The Balaban J connectivity index is 1.61. The molecule has 2 aromatic heterocycles. The van der Waals surface area contributed by atoms with Crippen LogP contribution in [0.2, 0.25) is 0 Å². The first kappa shape index (κ1) is 17.3. The molecule has 4 rings (SSSR count).